The molecule has 2 N–H and O–H groups in total. The maximum atomic E-state index is 15.2. The van der Waals surface area contributed by atoms with E-state index >= 15 is 4.39 Å². The summed E-state index contributed by atoms with van der Waals surface area (Å²) >= 11 is 0. The average Bonchev–Trinajstić information content (AvgIpc) is 3.03. The number of phenolic OH excluding ortho intramolecular Hbond substituents is 2. The molecular weight excluding hydrogens is 851 g/mol. The summed E-state index contributed by atoms with van der Waals surface area (Å²) in [6.45, 7) is 1.49. The quantitative estimate of drug-likeness (QED) is 0.113. The standard InChI is InChI=1S/C29H18F16O8S.K/c1-20(14-2-8-17(46)9-3-14,15-4-10-18(47)11-5-15)16-6-12-19(13-7-16)51-23(34)21(30,31)24(35,22(23,32)33)52-27(40,41)25(36,26(37,38)39)53-28(42,43)29(44,45)54(48,49)50;/h2-13,46-47H,1H3,(H,48,49,50);/q;+1/p-1. The van der Waals surface area contributed by atoms with Gasteiger partial charge in [-0.1, -0.05) is 36.4 Å². The molecule has 0 aliphatic heterocycles. The van der Waals surface area contributed by atoms with Crippen molar-refractivity contribution in [3.8, 4) is 17.2 Å². The van der Waals surface area contributed by atoms with E-state index in [1.54, 1.807) is 0 Å². The Labute approximate surface area is 339 Å². The SMILES string of the molecule is CC(c1ccc(O)cc1)(c1ccc(O)cc1)c1ccc(OC2(F)C(F)(F)C(F)(OC(F)(F)C(F)(OC(F)(F)C(F)(F)S(=O)(=O)[O-])C(F)(F)F)C2(F)F)cc1.[K+]. The number of rotatable bonds is 12. The van der Waals surface area contributed by atoms with Gasteiger partial charge in [-0.25, -0.2) is 8.42 Å². The van der Waals surface area contributed by atoms with Crippen LogP contribution in [0, 0.1) is 0 Å². The van der Waals surface area contributed by atoms with Crippen LogP contribution in [0.2, 0.25) is 0 Å². The van der Waals surface area contributed by atoms with Crippen LogP contribution < -0.4 is 56.1 Å². The second-order valence-electron chi connectivity index (χ2n) is 11.5. The zero-order valence-electron chi connectivity index (χ0n) is 26.7. The molecule has 0 radical (unpaired) electrons. The number of phenols is 2. The number of halogens is 16. The Morgan fingerprint density at radius 3 is 1.27 bits per heavy atom. The van der Waals surface area contributed by atoms with Gasteiger partial charge in [-0.3, -0.25) is 9.47 Å². The minimum Gasteiger partial charge on any atom is -0.743 e. The molecule has 1 saturated carbocycles. The van der Waals surface area contributed by atoms with Gasteiger partial charge in [-0.05, 0) is 60.0 Å². The number of aromatic hydroxyl groups is 2. The van der Waals surface area contributed by atoms with E-state index in [9.17, 15) is 89.0 Å². The summed E-state index contributed by atoms with van der Waals surface area (Å²) in [6.07, 6.45) is -24.0. The van der Waals surface area contributed by atoms with Crippen molar-refractivity contribution in [3.63, 3.8) is 0 Å². The maximum Gasteiger partial charge on any atom is 1.00 e. The smallest absolute Gasteiger partial charge is 0.743 e. The molecule has 0 aromatic heterocycles. The molecule has 300 valence electrons. The molecule has 0 heterocycles. The second-order valence-corrected chi connectivity index (χ2v) is 12.9. The first-order chi connectivity index (χ1) is 24.1. The van der Waals surface area contributed by atoms with Crippen LogP contribution in [0.1, 0.15) is 23.6 Å². The molecule has 8 nitrogen and oxygen atoms in total. The van der Waals surface area contributed by atoms with Crippen molar-refractivity contribution in [2.75, 3.05) is 0 Å². The van der Waals surface area contributed by atoms with Crippen molar-refractivity contribution < 1.29 is 159 Å². The van der Waals surface area contributed by atoms with Gasteiger partial charge in [0.05, 0.1) is 0 Å². The summed E-state index contributed by atoms with van der Waals surface area (Å²) in [4.78, 5) is 0. The second kappa shape index (κ2) is 14.1. The van der Waals surface area contributed by atoms with Gasteiger partial charge in [0.1, 0.15) is 17.2 Å². The largest absolute Gasteiger partial charge is 1.00 e. The molecule has 4 rings (SSSR count). The third kappa shape index (κ3) is 6.95. The summed E-state index contributed by atoms with van der Waals surface area (Å²) in [6, 6.07) is 13.1. The first-order valence-corrected chi connectivity index (χ1v) is 15.3. The molecule has 0 saturated heterocycles. The van der Waals surface area contributed by atoms with Crippen molar-refractivity contribution in [1.82, 2.24) is 0 Å². The molecule has 0 amide bonds. The molecular formula is C29H17F16KO8S. The van der Waals surface area contributed by atoms with Crippen molar-refractivity contribution in [3.05, 3.63) is 89.5 Å². The molecule has 1 aliphatic rings. The van der Waals surface area contributed by atoms with Crippen LogP contribution in [-0.2, 0) is 25.0 Å². The van der Waals surface area contributed by atoms with Crippen molar-refractivity contribution in [1.29, 1.82) is 0 Å². The van der Waals surface area contributed by atoms with E-state index in [-0.39, 0.29) is 68.4 Å². The average molecular weight is 869 g/mol. The zero-order chi connectivity index (χ0) is 41.6. The summed E-state index contributed by atoms with van der Waals surface area (Å²) in [7, 11) is -7.95. The van der Waals surface area contributed by atoms with E-state index in [0.717, 1.165) is 12.1 Å². The minimum atomic E-state index is -8.17. The van der Waals surface area contributed by atoms with E-state index in [2.05, 4.69) is 4.74 Å². The van der Waals surface area contributed by atoms with Crippen LogP contribution in [0.4, 0.5) is 70.2 Å². The van der Waals surface area contributed by atoms with Crippen LogP contribution >= 0.6 is 0 Å². The van der Waals surface area contributed by atoms with Gasteiger partial charge in [0.25, 0.3) is 0 Å². The predicted octanol–water partition coefficient (Wildman–Crippen LogP) is 5.04. The number of alkyl halides is 16. The third-order valence-corrected chi connectivity index (χ3v) is 8.99. The van der Waals surface area contributed by atoms with Gasteiger partial charge in [0, 0.05) is 5.41 Å². The maximum absolute atomic E-state index is 15.2. The van der Waals surface area contributed by atoms with Crippen molar-refractivity contribution in [2.24, 2.45) is 0 Å². The van der Waals surface area contributed by atoms with Crippen molar-refractivity contribution in [2.45, 2.75) is 65.4 Å². The Bertz CT molecular complexity index is 1920. The summed E-state index contributed by atoms with van der Waals surface area (Å²) in [5.41, 5.74) is -0.583. The topological polar surface area (TPSA) is 125 Å². The Hall–Kier alpha value is -2.59. The summed E-state index contributed by atoms with van der Waals surface area (Å²) < 4.78 is 265. The predicted molar refractivity (Wildman–Crippen MR) is 143 cm³/mol. The molecule has 26 heteroatoms. The molecule has 3 aromatic rings. The Morgan fingerprint density at radius 1 is 0.600 bits per heavy atom. The number of ether oxygens (including phenoxy) is 3. The molecule has 1 unspecified atom stereocenters. The van der Waals surface area contributed by atoms with Gasteiger partial charge in [0.2, 0.25) is 0 Å². The van der Waals surface area contributed by atoms with Gasteiger partial charge >= 0.3 is 104 Å². The fraction of sp³-hybridized carbons (Fsp3) is 0.379. The summed E-state index contributed by atoms with van der Waals surface area (Å²) in [5.74, 6) is -37.5. The van der Waals surface area contributed by atoms with Gasteiger partial charge in [-0.15, -0.1) is 0 Å². The molecule has 55 heavy (non-hydrogen) atoms. The van der Waals surface area contributed by atoms with Gasteiger partial charge < -0.3 is 19.5 Å². The zero-order valence-corrected chi connectivity index (χ0v) is 30.7. The van der Waals surface area contributed by atoms with Gasteiger partial charge in [0.15, 0.2) is 10.1 Å². The Kier molecular flexibility index (Phi) is 12.0. The number of hydrogen-bond acceptors (Lipinski definition) is 8. The summed E-state index contributed by atoms with van der Waals surface area (Å²) in [5, 5.41) is 11.8. The van der Waals surface area contributed by atoms with Crippen LogP contribution in [0.25, 0.3) is 0 Å². The van der Waals surface area contributed by atoms with E-state index in [0.29, 0.717) is 23.3 Å². The van der Waals surface area contributed by atoms with Crippen LogP contribution in [0.5, 0.6) is 17.2 Å². The van der Waals surface area contributed by atoms with E-state index < -0.39 is 74.3 Å². The van der Waals surface area contributed by atoms with Crippen LogP contribution in [-0.4, -0.2) is 76.2 Å². The number of hydrogen-bond donors (Lipinski definition) is 2. The molecule has 1 fully saturated rings. The Balaban J connectivity index is 0.00000812. The van der Waals surface area contributed by atoms with E-state index in [1.807, 2.05) is 4.74 Å². The van der Waals surface area contributed by atoms with E-state index in [1.165, 1.54) is 60.2 Å². The first-order valence-electron chi connectivity index (χ1n) is 13.9. The van der Waals surface area contributed by atoms with Crippen molar-refractivity contribution >= 4 is 10.1 Å². The van der Waals surface area contributed by atoms with Crippen LogP contribution in [0.15, 0.2) is 72.8 Å². The Morgan fingerprint density at radius 2 is 0.945 bits per heavy atom. The fourth-order valence-corrected chi connectivity index (χ4v) is 5.35. The monoisotopic (exact) mass is 868 g/mol. The normalized spacial score (nSPS) is 22.9. The molecule has 3 aromatic carbocycles. The van der Waals surface area contributed by atoms with Crippen LogP contribution in [0.3, 0.4) is 0 Å². The third-order valence-electron chi connectivity index (χ3n) is 8.12. The van der Waals surface area contributed by atoms with E-state index in [4.69, 9.17) is 0 Å². The molecule has 1 atom stereocenters. The molecule has 0 spiro atoms. The molecule has 0 bridgehead atoms. The van der Waals surface area contributed by atoms with Gasteiger partial charge in [-0.2, -0.15) is 70.2 Å². The number of benzene rings is 3. The first kappa shape index (κ1) is 46.8. The fourth-order valence-electron chi connectivity index (χ4n) is 5.02. The minimum absolute atomic E-state index is 0. The molecule has 1 aliphatic carbocycles.